The van der Waals surface area contributed by atoms with E-state index in [-0.39, 0.29) is 23.3 Å². The van der Waals surface area contributed by atoms with Crippen LogP contribution in [0.15, 0.2) is 0 Å². The molecule has 0 rings (SSSR count). The molecule has 50 valence electrons. The third-order valence-electron chi connectivity index (χ3n) is 0.601. The van der Waals surface area contributed by atoms with Crippen LogP contribution in [0.25, 0.3) is 0 Å². The number of carbonyl (C=O) groups is 1. The van der Waals surface area contributed by atoms with E-state index in [9.17, 15) is 13.9 Å². The number of carboxylic acids is 1. The molecule has 0 aromatic carbocycles. The van der Waals surface area contributed by atoms with Gasteiger partial charge in [0, 0.05) is 0 Å². The average Bonchev–Trinajstić information content (AvgIpc) is 1.82. The first-order valence-electron chi connectivity index (χ1n) is 2.07. The lowest BCUT2D eigenvalue weighted by Crippen LogP contribution is -2.00. The molecule has 0 radical (unpaired) electrons. The molecule has 9 heavy (non-hydrogen) atoms. The second-order valence-electron chi connectivity index (χ2n) is 1.29. The van der Waals surface area contributed by atoms with Crippen LogP contribution >= 0.6 is 16.9 Å². The molecule has 0 atom stereocenters. The van der Waals surface area contributed by atoms with Crippen molar-refractivity contribution in [3.8, 4) is 0 Å². The molecule has 0 saturated carbocycles. The highest BCUT2D eigenvalue weighted by Gasteiger charge is 2.11. The van der Waals surface area contributed by atoms with Gasteiger partial charge in [-0.05, 0) is 0 Å². The third-order valence-corrected chi connectivity index (χ3v) is 2.02. The summed E-state index contributed by atoms with van der Waals surface area (Å²) in [4.78, 5) is 9.84. The molecule has 4 nitrogen and oxygen atoms in total. The number of hydrogen-bond acceptors (Lipinski definition) is 3. The van der Waals surface area contributed by atoms with Gasteiger partial charge in [0.2, 0.25) is 0 Å². The summed E-state index contributed by atoms with van der Waals surface area (Å²) in [5, 5.41) is 7.27. The monoisotopic (exact) mass is 166 g/mol. The van der Waals surface area contributed by atoms with Crippen LogP contribution in [0.3, 0.4) is 0 Å². The molecule has 1 N–H and O–H groups in total. The predicted octanol–water partition coefficient (Wildman–Crippen LogP) is 1.37. The van der Waals surface area contributed by atoms with Crippen molar-refractivity contribution in [3.05, 3.63) is 0 Å². The van der Waals surface area contributed by atoms with Crippen LogP contribution in [0, 0.1) is 0 Å². The van der Waals surface area contributed by atoms with Crippen molar-refractivity contribution in [1.82, 2.24) is 0 Å². The molecular formula is C3H4O4P2. The Morgan fingerprint density at radius 1 is 1.44 bits per heavy atom. The van der Waals surface area contributed by atoms with Crippen molar-refractivity contribution >= 4 is 22.9 Å². The van der Waals surface area contributed by atoms with E-state index in [1.165, 1.54) is 0 Å². The Hall–Kier alpha value is -0.330. The molecule has 0 spiro atoms. The summed E-state index contributed by atoms with van der Waals surface area (Å²) in [5.41, 5.74) is 0. The molecule has 0 aliphatic rings. The molecule has 0 heterocycles. The van der Waals surface area contributed by atoms with Crippen LogP contribution in [0.1, 0.15) is 6.42 Å². The Morgan fingerprint density at radius 3 is 2.00 bits per heavy atom. The molecular weight excluding hydrogens is 162 g/mol. The average molecular weight is 166 g/mol. The SMILES string of the molecule is O=PC(CC(=O)O)P=O. The van der Waals surface area contributed by atoms with Crippen molar-refractivity contribution in [2.75, 3.05) is 0 Å². The first-order valence-corrected chi connectivity index (χ1v) is 3.83. The maximum atomic E-state index is 9.90. The van der Waals surface area contributed by atoms with Crippen LogP contribution in [0.5, 0.6) is 0 Å². The maximum absolute atomic E-state index is 9.90. The van der Waals surface area contributed by atoms with E-state index in [1.54, 1.807) is 0 Å². The predicted molar refractivity (Wildman–Crippen MR) is 31.3 cm³/mol. The van der Waals surface area contributed by atoms with E-state index < -0.39 is 11.4 Å². The summed E-state index contributed by atoms with van der Waals surface area (Å²) >= 11 is 0. The lowest BCUT2D eigenvalue weighted by atomic mass is 10.5. The summed E-state index contributed by atoms with van der Waals surface area (Å²) in [5.74, 6) is -1.09. The quantitative estimate of drug-likeness (QED) is 0.640. The van der Waals surface area contributed by atoms with E-state index in [1.807, 2.05) is 0 Å². The molecule has 0 amide bonds. The van der Waals surface area contributed by atoms with Crippen LogP contribution in [0.4, 0.5) is 0 Å². The van der Waals surface area contributed by atoms with Gasteiger partial charge in [-0.15, -0.1) is 0 Å². The fourth-order valence-corrected chi connectivity index (χ4v) is 0.865. The standard InChI is InChI=1S/C3H4O4P2/c4-2(5)1-3(8-6)9-7/h3H,1H2,(H,4,5). The lowest BCUT2D eigenvalue weighted by molar-refractivity contribution is -0.136. The fraction of sp³-hybridized carbons (Fsp3) is 0.667. The summed E-state index contributed by atoms with van der Waals surface area (Å²) in [6, 6.07) is 0. The van der Waals surface area contributed by atoms with E-state index in [0.29, 0.717) is 0 Å². The van der Waals surface area contributed by atoms with Gasteiger partial charge in [0.15, 0.2) is 16.9 Å². The minimum absolute atomic E-state index is 0.323. The molecule has 0 aliphatic heterocycles. The van der Waals surface area contributed by atoms with Crippen molar-refractivity contribution in [2.45, 2.75) is 11.8 Å². The van der Waals surface area contributed by atoms with Crippen LogP contribution in [-0.4, -0.2) is 16.5 Å². The van der Waals surface area contributed by atoms with Gasteiger partial charge in [0.1, 0.15) is 5.40 Å². The molecule has 6 heteroatoms. The third kappa shape index (κ3) is 4.19. The maximum Gasteiger partial charge on any atom is 0.305 e. The molecule has 0 aromatic heterocycles. The Kier molecular flexibility index (Phi) is 4.37. The Balaban J connectivity index is 3.68. The number of aliphatic carboxylic acids is 1. The minimum atomic E-state index is -1.09. The molecule has 0 unspecified atom stereocenters. The Bertz CT molecular complexity index is 126. The fourth-order valence-electron chi connectivity index (χ4n) is 0.250. The Labute approximate surface area is 54.7 Å². The number of hydrogen-bond donors (Lipinski definition) is 1. The lowest BCUT2D eigenvalue weighted by Gasteiger charge is -1.89. The first kappa shape index (κ1) is 8.67. The summed E-state index contributed by atoms with van der Waals surface area (Å²) in [6.07, 6.45) is -0.323. The highest BCUT2D eigenvalue weighted by molar-refractivity contribution is 7.44. The minimum Gasteiger partial charge on any atom is -0.481 e. The summed E-state index contributed by atoms with van der Waals surface area (Å²) < 4.78 is 19.8. The summed E-state index contributed by atoms with van der Waals surface area (Å²) in [6.45, 7) is 0. The zero-order valence-corrected chi connectivity index (χ0v) is 6.14. The molecule has 0 saturated heterocycles. The molecule has 0 bridgehead atoms. The molecule has 0 aromatic rings. The highest BCUT2D eigenvalue weighted by atomic mass is 31.1. The molecule has 0 fully saturated rings. The topological polar surface area (TPSA) is 71.4 Å². The number of rotatable bonds is 4. The number of carboxylic acid groups (broad SMARTS) is 1. The highest BCUT2D eigenvalue weighted by Crippen LogP contribution is 2.21. The van der Waals surface area contributed by atoms with Crippen LogP contribution in [-0.2, 0) is 13.9 Å². The van der Waals surface area contributed by atoms with Crippen molar-refractivity contribution < 1.29 is 19.0 Å². The van der Waals surface area contributed by atoms with Gasteiger partial charge in [0.25, 0.3) is 0 Å². The van der Waals surface area contributed by atoms with Gasteiger partial charge < -0.3 is 5.11 Å². The van der Waals surface area contributed by atoms with Crippen molar-refractivity contribution in [3.63, 3.8) is 0 Å². The smallest absolute Gasteiger partial charge is 0.305 e. The van der Waals surface area contributed by atoms with E-state index in [4.69, 9.17) is 5.11 Å². The van der Waals surface area contributed by atoms with E-state index >= 15 is 0 Å². The van der Waals surface area contributed by atoms with Crippen LogP contribution in [0.2, 0.25) is 0 Å². The van der Waals surface area contributed by atoms with Crippen molar-refractivity contribution in [2.24, 2.45) is 0 Å². The van der Waals surface area contributed by atoms with Gasteiger partial charge in [-0.2, -0.15) is 0 Å². The second kappa shape index (κ2) is 4.54. The zero-order valence-electron chi connectivity index (χ0n) is 4.35. The normalized spacial score (nSPS) is 13.8. The molecule has 0 aliphatic carbocycles. The largest absolute Gasteiger partial charge is 0.481 e. The Morgan fingerprint density at radius 2 is 1.89 bits per heavy atom. The van der Waals surface area contributed by atoms with E-state index in [2.05, 4.69) is 0 Å². The van der Waals surface area contributed by atoms with Gasteiger partial charge in [-0.1, -0.05) is 0 Å². The summed E-state index contributed by atoms with van der Waals surface area (Å²) in [7, 11) is -0.771. The van der Waals surface area contributed by atoms with E-state index in [0.717, 1.165) is 0 Å². The van der Waals surface area contributed by atoms with Crippen LogP contribution < -0.4 is 0 Å². The van der Waals surface area contributed by atoms with Crippen molar-refractivity contribution in [1.29, 1.82) is 0 Å². The van der Waals surface area contributed by atoms with Gasteiger partial charge >= 0.3 is 5.97 Å². The van der Waals surface area contributed by atoms with Gasteiger partial charge in [-0.3, -0.25) is 13.9 Å². The van der Waals surface area contributed by atoms with Gasteiger partial charge in [-0.25, -0.2) is 0 Å². The second-order valence-corrected chi connectivity index (χ2v) is 3.36. The van der Waals surface area contributed by atoms with Gasteiger partial charge in [0.05, 0.1) is 6.42 Å². The first-order chi connectivity index (χ1) is 4.20. The zero-order chi connectivity index (χ0) is 7.28.